The van der Waals surface area contributed by atoms with E-state index in [1.807, 2.05) is 6.07 Å². The van der Waals surface area contributed by atoms with Crippen LogP contribution < -0.4 is 0 Å². The van der Waals surface area contributed by atoms with Crippen molar-refractivity contribution in [3.05, 3.63) is 40.0 Å². The molecular weight excluding hydrogens is 307 g/mol. The van der Waals surface area contributed by atoms with Crippen molar-refractivity contribution >= 4 is 35.0 Å². The Morgan fingerprint density at radius 2 is 2.05 bits per heavy atom. The summed E-state index contributed by atoms with van der Waals surface area (Å²) in [6, 6.07) is 5.41. The number of methoxy groups -OCH3 is 1. The van der Waals surface area contributed by atoms with Gasteiger partial charge in [0.1, 0.15) is 0 Å². The van der Waals surface area contributed by atoms with Crippen molar-refractivity contribution in [2.45, 2.75) is 17.1 Å². The van der Waals surface area contributed by atoms with Crippen LogP contribution in [0.1, 0.15) is 11.7 Å². The van der Waals surface area contributed by atoms with Crippen LogP contribution in [0, 0.1) is 0 Å². The van der Waals surface area contributed by atoms with Crippen LogP contribution in [0.2, 0.25) is 10.0 Å². The molecule has 1 heterocycles. The Hall–Kier alpha value is -0.750. The second-order valence-electron chi connectivity index (χ2n) is 3.69. The third-order valence-electron chi connectivity index (χ3n) is 2.30. The van der Waals surface area contributed by atoms with Crippen molar-refractivity contribution in [1.82, 2.24) is 10.1 Å². The van der Waals surface area contributed by atoms with Crippen LogP contribution in [0.25, 0.3) is 0 Å². The molecule has 0 fully saturated rings. The summed E-state index contributed by atoms with van der Waals surface area (Å²) < 4.78 is 10.1. The number of aromatic nitrogens is 2. The number of benzene rings is 1. The lowest BCUT2D eigenvalue weighted by Gasteiger charge is -2.03. The van der Waals surface area contributed by atoms with Crippen molar-refractivity contribution < 1.29 is 9.26 Å². The molecule has 0 bridgehead atoms. The van der Waals surface area contributed by atoms with Gasteiger partial charge >= 0.3 is 0 Å². The molecule has 0 saturated heterocycles. The second kappa shape index (κ2) is 7.14. The first-order chi connectivity index (χ1) is 9.20. The molecule has 0 N–H and O–H groups in total. The predicted octanol–water partition coefficient (Wildman–Crippen LogP) is 3.86. The Morgan fingerprint density at radius 3 is 2.74 bits per heavy atom. The fourth-order valence-corrected chi connectivity index (χ4v) is 2.92. The molecule has 7 heteroatoms. The van der Waals surface area contributed by atoms with Crippen molar-refractivity contribution in [2.75, 3.05) is 13.7 Å². The zero-order chi connectivity index (χ0) is 13.7. The van der Waals surface area contributed by atoms with Gasteiger partial charge in [0.15, 0.2) is 5.82 Å². The van der Waals surface area contributed by atoms with Gasteiger partial charge in [0.05, 0.1) is 22.4 Å². The summed E-state index contributed by atoms with van der Waals surface area (Å²) in [6.45, 7) is 0.572. The third-order valence-corrected chi connectivity index (χ3v) is 4.27. The molecule has 0 atom stereocenters. The summed E-state index contributed by atoms with van der Waals surface area (Å²) >= 11 is 13.6. The van der Waals surface area contributed by atoms with Gasteiger partial charge < -0.3 is 9.26 Å². The molecule has 2 rings (SSSR count). The lowest BCUT2D eigenvalue weighted by atomic mass is 10.4. The highest BCUT2D eigenvalue weighted by molar-refractivity contribution is 7.98. The molecule has 0 amide bonds. The number of nitrogens with zero attached hydrogens (tertiary/aromatic N) is 2. The van der Waals surface area contributed by atoms with Gasteiger partial charge in [-0.2, -0.15) is 4.98 Å². The number of hydrogen-bond acceptors (Lipinski definition) is 5. The van der Waals surface area contributed by atoms with Gasteiger partial charge in [-0.05, 0) is 12.1 Å². The minimum atomic E-state index is 0.531. The number of thioether (sulfide) groups is 1. The van der Waals surface area contributed by atoms with Gasteiger partial charge in [0, 0.05) is 18.4 Å². The van der Waals surface area contributed by atoms with E-state index in [0.29, 0.717) is 40.5 Å². The fraction of sp³-hybridized carbons (Fsp3) is 0.333. The first-order valence-electron chi connectivity index (χ1n) is 5.58. The maximum Gasteiger partial charge on any atom is 0.237 e. The van der Waals surface area contributed by atoms with Crippen LogP contribution in [0.3, 0.4) is 0 Å². The quantitative estimate of drug-likeness (QED) is 0.757. The monoisotopic (exact) mass is 318 g/mol. The van der Waals surface area contributed by atoms with Crippen LogP contribution in [0.4, 0.5) is 0 Å². The second-order valence-corrected chi connectivity index (χ2v) is 5.49. The van der Waals surface area contributed by atoms with E-state index >= 15 is 0 Å². The molecule has 4 nitrogen and oxygen atoms in total. The normalized spacial score (nSPS) is 10.9. The molecule has 0 spiro atoms. The molecule has 0 aliphatic carbocycles. The zero-order valence-corrected chi connectivity index (χ0v) is 12.6. The summed E-state index contributed by atoms with van der Waals surface area (Å²) in [7, 11) is 1.64. The van der Waals surface area contributed by atoms with Crippen LogP contribution in [0.5, 0.6) is 0 Å². The summed E-state index contributed by atoms with van der Waals surface area (Å²) in [4.78, 5) is 5.08. The Balaban J connectivity index is 1.97. The van der Waals surface area contributed by atoms with Crippen LogP contribution >= 0.6 is 35.0 Å². The Kier molecular flexibility index (Phi) is 5.51. The molecule has 0 aliphatic heterocycles. The highest BCUT2D eigenvalue weighted by Crippen LogP contribution is 2.35. The molecule has 0 saturated carbocycles. The standard InChI is InChI=1S/C12H12Cl2N2O2S/c1-17-6-5-10-15-11(18-16-10)7-19-12-8(13)3-2-4-9(12)14/h2-4H,5-7H2,1H3. The maximum absolute atomic E-state index is 6.08. The number of hydrogen-bond donors (Lipinski definition) is 0. The Bertz CT molecular complexity index is 528. The molecule has 2 aromatic rings. The summed E-state index contributed by atoms with van der Waals surface area (Å²) in [5, 5.41) is 5.11. The lowest BCUT2D eigenvalue weighted by Crippen LogP contribution is -1.96. The van der Waals surface area contributed by atoms with E-state index in [-0.39, 0.29) is 0 Å². The number of rotatable bonds is 6. The topological polar surface area (TPSA) is 48.2 Å². The molecule has 1 aromatic carbocycles. The Morgan fingerprint density at radius 1 is 1.32 bits per heavy atom. The lowest BCUT2D eigenvalue weighted by molar-refractivity contribution is 0.199. The molecule has 0 unspecified atom stereocenters. The predicted molar refractivity (Wildman–Crippen MR) is 75.9 cm³/mol. The van der Waals surface area contributed by atoms with E-state index in [1.165, 1.54) is 11.8 Å². The van der Waals surface area contributed by atoms with Gasteiger partial charge in [-0.15, -0.1) is 11.8 Å². The van der Waals surface area contributed by atoms with Gasteiger partial charge in [-0.3, -0.25) is 0 Å². The van der Waals surface area contributed by atoms with Gasteiger partial charge in [0.25, 0.3) is 0 Å². The van der Waals surface area contributed by atoms with Gasteiger partial charge in [-0.1, -0.05) is 34.4 Å². The zero-order valence-electron chi connectivity index (χ0n) is 10.2. The largest absolute Gasteiger partial charge is 0.384 e. The van der Waals surface area contributed by atoms with E-state index in [2.05, 4.69) is 10.1 Å². The van der Waals surface area contributed by atoms with E-state index in [4.69, 9.17) is 32.5 Å². The van der Waals surface area contributed by atoms with Gasteiger partial charge in [0.2, 0.25) is 5.89 Å². The van der Waals surface area contributed by atoms with Crippen LogP contribution in [-0.4, -0.2) is 23.9 Å². The number of halogens is 2. The molecular formula is C12H12Cl2N2O2S. The highest BCUT2D eigenvalue weighted by Gasteiger charge is 2.10. The SMILES string of the molecule is COCCc1noc(CSc2c(Cl)cccc2Cl)n1. The highest BCUT2D eigenvalue weighted by atomic mass is 35.5. The average molecular weight is 319 g/mol. The summed E-state index contributed by atoms with van der Waals surface area (Å²) in [5.41, 5.74) is 0. The van der Waals surface area contributed by atoms with Gasteiger partial charge in [-0.25, -0.2) is 0 Å². The van der Waals surface area contributed by atoms with Crippen LogP contribution in [0.15, 0.2) is 27.6 Å². The van der Waals surface area contributed by atoms with Crippen LogP contribution in [-0.2, 0) is 16.9 Å². The molecule has 0 radical (unpaired) electrons. The fourth-order valence-electron chi connectivity index (χ4n) is 1.40. The minimum Gasteiger partial charge on any atom is -0.384 e. The minimum absolute atomic E-state index is 0.531. The van der Waals surface area contributed by atoms with E-state index in [1.54, 1.807) is 19.2 Å². The van der Waals surface area contributed by atoms with E-state index in [0.717, 1.165) is 4.90 Å². The first-order valence-corrected chi connectivity index (χ1v) is 7.32. The average Bonchev–Trinajstić information content (AvgIpc) is 2.84. The third kappa shape index (κ3) is 4.11. The van der Waals surface area contributed by atoms with Crippen molar-refractivity contribution in [1.29, 1.82) is 0 Å². The van der Waals surface area contributed by atoms with E-state index < -0.39 is 0 Å². The van der Waals surface area contributed by atoms with E-state index in [9.17, 15) is 0 Å². The van der Waals surface area contributed by atoms with Crippen molar-refractivity contribution in [2.24, 2.45) is 0 Å². The number of ether oxygens (including phenoxy) is 1. The van der Waals surface area contributed by atoms with Crippen molar-refractivity contribution in [3.63, 3.8) is 0 Å². The summed E-state index contributed by atoms with van der Waals surface area (Å²) in [5.74, 6) is 1.72. The molecule has 1 aromatic heterocycles. The first kappa shape index (κ1) is 14.7. The maximum atomic E-state index is 6.08. The summed E-state index contributed by atoms with van der Waals surface area (Å²) in [6.07, 6.45) is 0.636. The smallest absolute Gasteiger partial charge is 0.237 e. The molecule has 0 aliphatic rings. The molecule has 19 heavy (non-hydrogen) atoms. The Labute approximate surface area is 125 Å². The van der Waals surface area contributed by atoms with Crippen molar-refractivity contribution in [3.8, 4) is 0 Å². The molecule has 102 valence electrons.